The molecule has 2 N–H and O–H groups in total. The lowest BCUT2D eigenvalue weighted by molar-refractivity contribution is -0.123. The number of rotatable bonds is 5. The standard InChI is InChI=1S/C22H20N4O4S/c27-20(13-7-8-16-17(10-13)30-12-29-16)26-22-25-19-15(5-3-6-18(19)31-22)21(28)24-11-14-4-1-2-9-23-14/h1-2,4,7-10,15H,3,5-6,11-12H2,(H,24,28)(H,25,26,27)/t15-/m1/s1. The summed E-state index contributed by atoms with van der Waals surface area (Å²) in [5, 5.41) is 6.31. The van der Waals surface area contributed by atoms with E-state index in [1.54, 1.807) is 24.4 Å². The van der Waals surface area contributed by atoms with Gasteiger partial charge in [0.05, 0.1) is 23.9 Å². The Balaban J connectivity index is 1.28. The minimum atomic E-state index is -0.320. The molecule has 8 nitrogen and oxygen atoms in total. The monoisotopic (exact) mass is 436 g/mol. The van der Waals surface area contributed by atoms with Gasteiger partial charge in [0.15, 0.2) is 16.6 Å². The summed E-state index contributed by atoms with van der Waals surface area (Å²) < 4.78 is 10.6. The van der Waals surface area contributed by atoms with E-state index in [4.69, 9.17) is 9.47 Å². The van der Waals surface area contributed by atoms with E-state index in [0.29, 0.717) is 28.7 Å². The molecule has 0 bridgehead atoms. The number of benzene rings is 1. The zero-order chi connectivity index (χ0) is 21.2. The van der Waals surface area contributed by atoms with Crippen molar-refractivity contribution in [2.45, 2.75) is 31.7 Å². The van der Waals surface area contributed by atoms with Gasteiger partial charge >= 0.3 is 0 Å². The van der Waals surface area contributed by atoms with Crippen LogP contribution in [0.4, 0.5) is 5.13 Å². The molecule has 1 aromatic carbocycles. The first-order valence-corrected chi connectivity index (χ1v) is 10.9. The molecule has 0 fully saturated rings. The number of aromatic nitrogens is 2. The van der Waals surface area contributed by atoms with Crippen LogP contribution >= 0.6 is 11.3 Å². The molecule has 1 atom stereocenters. The minimum absolute atomic E-state index is 0.0643. The highest BCUT2D eigenvalue weighted by atomic mass is 32.1. The molecular formula is C22H20N4O4S. The Hall–Kier alpha value is -3.46. The Labute approximate surface area is 182 Å². The third kappa shape index (κ3) is 4.09. The second kappa shape index (κ2) is 8.35. The number of thiazole rings is 1. The first-order chi connectivity index (χ1) is 15.2. The predicted octanol–water partition coefficient (Wildman–Crippen LogP) is 3.26. The van der Waals surface area contributed by atoms with Crippen molar-refractivity contribution in [3.05, 3.63) is 64.4 Å². The zero-order valence-electron chi connectivity index (χ0n) is 16.6. The number of carbonyl (C=O) groups is 2. The van der Waals surface area contributed by atoms with E-state index in [2.05, 4.69) is 20.6 Å². The second-order valence-electron chi connectivity index (χ2n) is 7.33. The number of fused-ring (bicyclic) bond motifs is 2. The van der Waals surface area contributed by atoms with E-state index in [-0.39, 0.29) is 24.5 Å². The average Bonchev–Trinajstić information content (AvgIpc) is 3.43. The summed E-state index contributed by atoms with van der Waals surface area (Å²) in [5.74, 6) is 0.516. The van der Waals surface area contributed by atoms with Gasteiger partial charge < -0.3 is 14.8 Å². The van der Waals surface area contributed by atoms with E-state index < -0.39 is 0 Å². The van der Waals surface area contributed by atoms with Gasteiger partial charge in [-0.05, 0) is 49.6 Å². The molecule has 1 aliphatic heterocycles. The summed E-state index contributed by atoms with van der Waals surface area (Å²) in [5.41, 5.74) is 2.03. The van der Waals surface area contributed by atoms with Crippen LogP contribution in [0.2, 0.25) is 0 Å². The lowest BCUT2D eigenvalue weighted by Gasteiger charge is -2.20. The first-order valence-electron chi connectivity index (χ1n) is 10.1. The van der Waals surface area contributed by atoms with Crippen molar-refractivity contribution in [1.82, 2.24) is 15.3 Å². The Morgan fingerprint density at radius 1 is 1.16 bits per heavy atom. The van der Waals surface area contributed by atoms with E-state index in [1.165, 1.54) is 11.3 Å². The normalized spacial score (nSPS) is 16.5. The molecule has 2 aliphatic rings. The number of amides is 2. The second-order valence-corrected chi connectivity index (χ2v) is 8.42. The molecule has 2 aromatic heterocycles. The first kappa shape index (κ1) is 19.5. The van der Waals surface area contributed by atoms with Gasteiger partial charge in [0.1, 0.15) is 0 Å². The van der Waals surface area contributed by atoms with Gasteiger partial charge in [0, 0.05) is 16.6 Å². The van der Waals surface area contributed by atoms with Crippen molar-refractivity contribution in [3.63, 3.8) is 0 Å². The fourth-order valence-electron chi connectivity index (χ4n) is 3.74. The highest BCUT2D eigenvalue weighted by Crippen LogP contribution is 2.37. The Bertz CT molecular complexity index is 1130. The van der Waals surface area contributed by atoms with Gasteiger partial charge in [-0.2, -0.15) is 0 Å². The van der Waals surface area contributed by atoms with E-state index >= 15 is 0 Å². The Morgan fingerprint density at radius 3 is 2.94 bits per heavy atom. The number of nitrogens with one attached hydrogen (secondary N) is 2. The van der Waals surface area contributed by atoms with E-state index in [9.17, 15) is 9.59 Å². The van der Waals surface area contributed by atoms with Crippen LogP contribution in [0, 0.1) is 0 Å². The number of ether oxygens (including phenoxy) is 2. The van der Waals surface area contributed by atoms with Crippen LogP contribution in [-0.4, -0.2) is 28.6 Å². The molecule has 0 saturated heterocycles. The highest BCUT2D eigenvalue weighted by molar-refractivity contribution is 7.16. The number of hydrogen-bond acceptors (Lipinski definition) is 7. The lowest BCUT2D eigenvalue weighted by atomic mass is 9.90. The fourth-order valence-corrected chi connectivity index (χ4v) is 4.80. The molecule has 158 valence electrons. The van der Waals surface area contributed by atoms with Crippen LogP contribution in [0.15, 0.2) is 42.6 Å². The molecule has 1 aliphatic carbocycles. The molecule has 5 rings (SSSR count). The van der Waals surface area contributed by atoms with E-state index in [0.717, 1.165) is 35.5 Å². The third-order valence-corrected chi connectivity index (χ3v) is 6.34. The van der Waals surface area contributed by atoms with Crippen molar-refractivity contribution in [1.29, 1.82) is 0 Å². The fraction of sp³-hybridized carbons (Fsp3) is 0.273. The third-order valence-electron chi connectivity index (χ3n) is 5.30. The van der Waals surface area contributed by atoms with Crippen molar-refractivity contribution >= 4 is 28.3 Å². The van der Waals surface area contributed by atoms with Gasteiger partial charge in [-0.25, -0.2) is 4.98 Å². The maximum atomic E-state index is 12.8. The van der Waals surface area contributed by atoms with Crippen LogP contribution in [0.25, 0.3) is 0 Å². The molecule has 0 radical (unpaired) electrons. The van der Waals surface area contributed by atoms with Gasteiger partial charge in [0.25, 0.3) is 5.91 Å². The van der Waals surface area contributed by atoms with Crippen molar-refractivity contribution in [2.75, 3.05) is 12.1 Å². The van der Waals surface area contributed by atoms with Crippen LogP contribution in [0.1, 0.15) is 45.4 Å². The van der Waals surface area contributed by atoms with E-state index in [1.807, 2.05) is 18.2 Å². The summed E-state index contributed by atoms with van der Waals surface area (Å²) in [4.78, 5) is 35.4. The smallest absolute Gasteiger partial charge is 0.257 e. The number of pyridine rings is 1. The number of hydrogen-bond donors (Lipinski definition) is 2. The topological polar surface area (TPSA) is 102 Å². The lowest BCUT2D eigenvalue weighted by Crippen LogP contribution is -2.31. The van der Waals surface area contributed by atoms with Gasteiger partial charge in [-0.1, -0.05) is 6.07 Å². The van der Waals surface area contributed by atoms with Gasteiger partial charge in [-0.3, -0.25) is 19.9 Å². The quantitative estimate of drug-likeness (QED) is 0.637. The molecule has 2 amide bonds. The summed E-state index contributed by atoms with van der Waals surface area (Å²) in [6.07, 6.45) is 4.21. The average molecular weight is 436 g/mol. The van der Waals surface area contributed by atoms with Crippen molar-refractivity contribution in [3.8, 4) is 11.5 Å². The van der Waals surface area contributed by atoms with Gasteiger partial charge in [-0.15, -0.1) is 11.3 Å². The highest BCUT2D eigenvalue weighted by Gasteiger charge is 2.30. The number of nitrogens with zero attached hydrogens (tertiary/aromatic N) is 2. The molecule has 0 spiro atoms. The molecule has 0 unspecified atom stereocenters. The number of aryl methyl sites for hydroxylation is 1. The molecule has 9 heteroatoms. The molecule has 3 heterocycles. The Morgan fingerprint density at radius 2 is 2.06 bits per heavy atom. The molecule has 31 heavy (non-hydrogen) atoms. The zero-order valence-corrected chi connectivity index (χ0v) is 17.4. The maximum Gasteiger partial charge on any atom is 0.257 e. The summed E-state index contributed by atoms with van der Waals surface area (Å²) in [6.45, 7) is 0.534. The van der Waals surface area contributed by atoms with Crippen LogP contribution in [-0.2, 0) is 17.8 Å². The maximum absolute atomic E-state index is 12.8. The van der Waals surface area contributed by atoms with Crippen LogP contribution in [0.5, 0.6) is 11.5 Å². The summed E-state index contributed by atoms with van der Waals surface area (Å²) in [7, 11) is 0. The summed E-state index contributed by atoms with van der Waals surface area (Å²) in [6, 6.07) is 10.7. The van der Waals surface area contributed by atoms with Crippen LogP contribution in [0.3, 0.4) is 0 Å². The largest absolute Gasteiger partial charge is 0.454 e. The SMILES string of the molecule is O=C(Nc1nc2c(s1)CCC[C@H]2C(=O)NCc1ccccn1)c1ccc2c(c1)OCO2. The van der Waals surface area contributed by atoms with Crippen molar-refractivity contribution in [2.24, 2.45) is 0 Å². The minimum Gasteiger partial charge on any atom is -0.454 e. The predicted molar refractivity (Wildman–Crippen MR) is 114 cm³/mol. The van der Waals surface area contributed by atoms with Crippen LogP contribution < -0.4 is 20.1 Å². The molecule has 3 aromatic rings. The molecule has 0 saturated carbocycles. The van der Waals surface area contributed by atoms with Gasteiger partial charge in [0.2, 0.25) is 12.7 Å². The Kier molecular flexibility index (Phi) is 5.25. The number of carbonyl (C=O) groups excluding carboxylic acids is 2. The molecular weight excluding hydrogens is 416 g/mol. The summed E-state index contributed by atoms with van der Waals surface area (Å²) >= 11 is 1.43. The van der Waals surface area contributed by atoms with Crippen molar-refractivity contribution < 1.29 is 19.1 Å². The number of anilines is 1.